The molecule has 1 heterocycles. The van der Waals surface area contributed by atoms with Crippen LogP contribution < -0.4 is 19.5 Å². The number of amides is 1. The average Bonchev–Trinajstić information content (AvgIpc) is 2.86. The standard InChI is InChI=1S/C15H9ClF2N2O6/c16-10-6-9(20(22)23)2-4-11(10)24-7-14(21)19-8-1-3-12-13(5-8)26-15(17,18)25-12/h1-6H,7H2,(H,19,21). The Kier molecular flexibility index (Phi) is 4.51. The lowest BCUT2D eigenvalue weighted by Gasteiger charge is -2.09. The topological polar surface area (TPSA) is 99.9 Å². The number of carbonyl (C=O) groups is 1. The molecule has 2 aromatic rings. The number of nitrogens with one attached hydrogen (secondary N) is 1. The molecule has 0 aliphatic carbocycles. The summed E-state index contributed by atoms with van der Waals surface area (Å²) in [5.74, 6) is -0.892. The Morgan fingerprint density at radius 2 is 1.96 bits per heavy atom. The van der Waals surface area contributed by atoms with Crippen molar-refractivity contribution in [3.63, 3.8) is 0 Å². The van der Waals surface area contributed by atoms with Gasteiger partial charge in [0, 0.05) is 23.9 Å². The number of hydrogen-bond acceptors (Lipinski definition) is 6. The van der Waals surface area contributed by atoms with Crippen LogP contribution in [0, 0.1) is 10.1 Å². The summed E-state index contributed by atoms with van der Waals surface area (Å²) in [7, 11) is 0. The average molecular weight is 387 g/mol. The third-order valence-corrected chi connectivity index (χ3v) is 3.47. The lowest BCUT2D eigenvalue weighted by atomic mass is 10.3. The smallest absolute Gasteiger partial charge is 0.482 e. The minimum Gasteiger partial charge on any atom is -0.482 e. The maximum atomic E-state index is 12.9. The van der Waals surface area contributed by atoms with E-state index in [1.54, 1.807) is 0 Å². The normalized spacial score (nSPS) is 14.0. The summed E-state index contributed by atoms with van der Waals surface area (Å²) >= 11 is 5.85. The maximum absolute atomic E-state index is 12.9. The minimum absolute atomic E-state index is 0.0303. The lowest BCUT2D eigenvalue weighted by Crippen LogP contribution is -2.25. The predicted octanol–water partition coefficient (Wildman–Crippen LogP) is 3.59. The number of fused-ring (bicyclic) bond motifs is 1. The molecule has 0 saturated carbocycles. The molecule has 136 valence electrons. The molecule has 1 amide bonds. The van der Waals surface area contributed by atoms with Gasteiger partial charge in [-0.3, -0.25) is 14.9 Å². The highest BCUT2D eigenvalue weighted by molar-refractivity contribution is 6.32. The van der Waals surface area contributed by atoms with Gasteiger partial charge in [-0.05, 0) is 18.2 Å². The molecule has 0 unspecified atom stereocenters. The van der Waals surface area contributed by atoms with Crippen molar-refractivity contribution in [2.24, 2.45) is 0 Å². The summed E-state index contributed by atoms with van der Waals surface area (Å²) in [6.45, 7) is -0.456. The summed E-state index contributed by atoms with van der Waals surface area (Å²) in [6.07, 6.45) is -3.75. The fraction of sp³-hybridized carbons (Fsp3) is 0.133. The molecule has 0 fully saturated rings. The van der Waals surface area contributed by atoms with Crippen LogP contribution in [0.1, 0.15) is 0 Å². The van der Waals surface area contributed by atoms with Crippen LogP contribution in [-0.4, -0.2) is 23.7 Å². The molecular formula is C15H9ClF2N2O6. The highest BCUT2D eigenvalue weighted by atomic mass is 35.5. The number of non-ortho nitro benzene ring substituents is 1. The summed E-state index contributed by atoms with van der Waals surface area (Å²) in [5.41, 5.74) is -0.0302. The number of nitrogens with zero attached hydrogens (tertiary/aromatic N) is 1. The largest absolute Gasteiger partial charge is 0.586 e. The van der Waals surface area contributed by atoms with Crippen LogP contribution in [0.25, 0.3) is 0 Å². The Morgan fingerprint density at radius 3 is 2.65 bits per heavy atom. The second kappa shape index (κ2) is 6.64. The van der Waals surface area contributed by atoms with E-state index >= 15 is 0 Å². The zero-order valence-electron chi connectivity index (χ0n) is 12.7. The first-order valence-electron chi connectivity index (χ1n) is 7.00. The van der Waals surface area contributed by atoms with Gasteiger partial charge >= 0.3 is 6.29 Å². The number of halogens is 3. The third kappa shape index (κ3) is 3.91. The Morgan fingerprint density at radius 1 is 1.23 bits per heavy atom. The maximum Gasteiger partial charge on any atom is 0.586 e. The molecule has 0 aromatic heterocycles. The van der Waals surface area contributed by atoms with Crippen LogP contribution in [0.15, 0.2) is 36.4 Å². The first kappa shape index (κ1) is 17.7. The number of hydrogen-bond donors (Lipinski definition) is 1. The van der Waals surface area contributed by atoms with Crippen LogP contribution >= 0.6 is 11.6 Å². The fourth-order valence-corrected chi connectivity index (χ4v) is 2.32. The molecule has 0 spiro atoms. The van der Waals surface area contributed by atoms with Gasteiger partial charge in [0.1, 0.15) is 5.75 Å². The first-order valence-corrected chi connectivity index (χ1v) is 7.38. The van der Waals surface area contributed by atoms with Gasteiger partial charge in [0.15, 0.2) is 18.1 Å². The molecule has 0 saturated heterocycles. The predicted molar refractivity (Wildman–Crippen MR) is 84.9 cm³/mol. The van der Waals surface area contributed by atoms with E-state index in [9.17, 15) is 23.7 Å². The van der Waals surface area contributed by atoms with Crippen LogP contribution in [0.2, 0.25) is 5.02 Å². The molecule has 1 N–H and O–H groups in total. The zero-order valence-corrected chi connectivity index (χ0v) is 13.5. The number of benzene rings is 2. The van der Waals surface area contributed by atoms with E-state index in [-0.39, 0.29) is 33.6 Å². The van der Waals surface area contributed by atoms with Gasteiger partial charge in [0.2, 0.25) is 0 Å². The third-order valence-electron chi connectivity index (χ3n) is 3.17. The van der Waals surface area contributed by atoms with Crippen molar-refractivity contribution >= 4 is 28.9 Å². The van der Waals surface area contributed by atoms with Crippen molar-refractivity contribution in [2.45, 2.75) is 6.29 Å². The molecule has 8 nitrogen and oxygen atoms in total. The minimum atomic E-state index is -3.75. The summed E-state index contributed by atoms with van der Waals surface area (Å²) in [4.78, 5) is 21.9. The van der Waals surface area contributed by atoms with E-state index in [1.165, 1.54) is 30.3 Å². The first-order chi connectivity index (χ1) is 12.2. The Balaban J connectivity index is 1.59. The second-order valence-electron chi connectivity index (χ2n) is 5.04. The van der Waals surface area contributed by atoms with E-state index in [0.29, 0.717) is 0 Å². The van der Waals surface area contributed by atoms with Crippen molar-refractivity contribution in [2.75, 3.05) is 11.9 Å². The number of rotatable bonds is 5. The molecular weight excluding hydrogens is 378 g/mol. The number of anilines is 1. The number of alkyl halides is 2. The summed E-state index contributed by atoms with van der Waals surface area (Å²) in [6, 6.07) is 7.27. The van der Waals surface area contributed by atoms with Crippen LogP contribution in [-0.2, 0) is 4.79 Å². The number of nitro groups is 1. The molecule has 3 rings (SSSR count). The Bertz CT molecular complexity index is 892. The van der Waals surface area contributed by atoms with E-state index in [1.807, 2.05) is 0 Å². The molecule has 1 aliphatic heterocycles. The van der Waals surface area contributed by atoms with Gasteiger partial charge in [0.05, 0.1) is 9.95 Å². The number of nitro benzene ring substituents is 1. The number of ether oxygens (including phenoxy) is 3. The highest BCUT2D eigenvalue weighted by Gasteiger charge is 2.43. The molecule has 0 radical (unpaired) electrons. The number of carbonyl (C=O) groups excluding carboxylic acids is 1. The van der Waals surface area contributed by atoms with Crippen molar-refractivity contribution in [3.05, 3.63) is 51.5 Å². The van der Waals surface area contributed by atoms with Gasteiger partial charge in [-0.1, -0.05) is 11.6 Å². The monoisotopic (exact) mass is 386 g/mol. The summed E-state index contributed by atoms with van der Waals surface area (Å²) in [5, 5.41) is 13.0. The van der Waals surface area contributed by atoms with Crippen LogP contribution in [0.4, 0.5) is 20.2 Å². The van der Waals surface area contributed by atoms with Gasteiger partial charge in [-0.2, -0.15) is 0 Å². The fourth-order valence-electron chi connectivity index (χ4n) is 2.09. The van der Waals surface area contributed by atoms with Crippen molar-refractivity contribution in [1.29, 1.82) is 0 Å². The highest BCUT2D eigenvalue weighted by Crippen LogP contribution is 2.42. The summed E-state index contributed by atoms with van der Waals surface area (Å²) < 4.78 is 39.6. The van der Waals surface area contributed by atoms with Gasteiger partial charge in [0.25, 0.3) is 11.6 Å². The van der Waals surface area contributed by atoms with Gasteiger partial charge in [-0.25, -0.2) is 0 Å². The molecule has 2 aromatic carbocycles. The van der Waals surface area contributed by atoms with Gasteiger partial charge in [-0.15, -0.1) is 8.78 Å². The van der Waals surface area contributed by atoms with E-state index in [4.69, 9.17) is 16.3 Å². The van der Waals surface area contributed by atoms with Gasteiger partial charge < -0.3 is 19.5 Å². The molecule has 1 aliphatic rings. The van der Waals surface area contributed by atoms with E-state index in [0.717, 1.165) is 6.07 Å². The van der Waals surface area contributed by atoms with Crippen LogP contribution in [0.5, 0.6) is 17.2 Å². The Labute approximate surface area is 149 Å². The van der Waals surface area contributed by atoms with E-state index in [2.05, 4.69) is 14.8 Å². The Hall–Kier alpha value is -3.14. The second-order valence-corrected chi connectivity index (χ2v) is 5.44. The lowest BCUT2D eigenvalue weighted by molar-refractivity contribution is -0.384. The van der Waals surface area contributed by atoms with Crippen LogP contribution in [0.3, 0.4) is 0 Å². The molecule has 11 heteroatoms. The SMILES string of the molecule is O=C(COc1ccc([N+](=O)[O-])cc1Cl)Nc1ccc2c(c1)OC(F)(F)O2. The van der Waals surface area contributed by atoms with E-state index < -0.39 is 23.7 Å². The van der Waals surface area contributed by atoms with Crippen molar-refractivity contribution < 1.29 is 32.7 Å². The quantitative estimate of drug-likeness (QED) is 0.622. The van der Waals surface area contributed by atoms with Crippen molar-refractivity contribution in [1.82, 2.24) is 0 Å². The molecule has 26 heavy (non-hydrogen) atoms. The molecule has 0 atom stereocenters. The van der Waals surface area contributed by atoms with Crippen molar-refractivity contribution in [3.8, 4) is 17.2 Å². The molecule has 0 bridgehead atoms. The zero-order chi connectivity index (χ0) is 18.9.